The van der Waals surface area contributed by atoms with Gasteiger partial charge in [0.25, 0.3) is 5.91 Å². The molecule has 4 heterocycles. The first-order valence-corrected chi connectivity index (χ1v) is 15.1. The number of amides is 1. The van der Waals surface area contributed by atoms with Crippen LogP contribution in [0.2, 0.25) is 0 Å². The smallest absolute Gasteiger partial charge is 0.254 e. The van der Waals surface area contributed by atoms with Gasteiger partial charge in [-0.05, 0) is 75.1 Å². The molecule has 3 atom stereocenters. The number of pyridine rings is 2. The highest BCUT2D eigenvalue weighted by Crippen LogP contribution is 2.42. The van der Waals surface area contributed by atoms with E-state index in [0.717, 1.165) is 68.5 Å². The van der Waals surface area contributed by atoms with Crippen molar-refractivity contribution in [3.63, 3.8) is 0 Å². The molecule has 39 heavy (non-hydrogen) atoms. The maximum Gasteiger partial charge on any atom is 0.254 e. The lowest BCUT2D eigenvalue weighted by molar-refractivity contribution is -0.0630. The minimum Gasteiger partial charge on any atom is -0.376 e. The average Bonchev–Trinajstić information content (AvgIpc) is 3.29. The van der Waals surface area contributed by atoms with Crippen molar-refractivity contribution in [3.8, 4) is 0 Å². The molecule has 3 aromatic rings. The lowest BCUT2D eigenvalue weighted by Gasteiger charge is -2.53. The van der Waals surface area contributed by atoms with E-state index in [0.29, 0.717) is 23.3 Å². The van der Waals surface area contributed by atoms with Gasteiger partial charge in [0.1, 0.15) is 0 Å². The summed E-state index contributed by atoms with van der Waals surface area (Å²) in [6.45, 7) is 12.2. The van der Waals surface area contributed by atoms with Crippen LogP contribution in [0.15, 0.2) is 53.3 Å². The number of carbonyl (C=O) groups excluding carboxylic acids is 1. The van der Waals surface area contributed by atoms with Crippen molar-refractivity contribution in [2.24, 2.45) is 0 Å². The highest BCUT2D eigenvalue weighted by molar-refractivity contribution is 9.10. The highest BCUT2D eigenvalue weighted by Gasteiger charge is 2.44. The Balaban J connectivity index is 1.12. The predicted molar refractivity (Wildman–Crippen MR) is 157 cm³/mol. The van der Waals surface area contributed by atoms with E-state index in [1.807, 2.05) is 23.1 Å². The zero-order valence-corrected chi connectivity index (χ0v) is 24.7. The third kappa shape index (κ3) is 5.01. The van der Waals surface area contributed by atoms with E-state index < -0.39 is 0 Å². The Labute approximate surface area is 239 Å². The van der Waals surface area contributed by atoms with Crippen molar-refractivity contribution >= 4 is 32.9 Å². The third-order valence-corrected chi connectivity index (χ3v) is 9.74. The molecule has 0 radical (unpaired) electrons. The van der Waals surface area contributed by atoms with Gasteiger partial charge in [-0.25, -0.2) is 9.97 Å². The number of piperazine rings is 1. The molecule has 2 fully saturated rings. The number of aromatic nitrogens is 2. The summed E-state index contributed by atoms with van der Waals surface area (Å²) in [6.07, 6.45) is 6.55. The maximum atomic E-state index is 13.5. The molecule has 0 N–H and O–H groups in total. The number of piperidine rings is 1. The Kier molecular flexibility index (Phi) is 7.48. The molecule has 3 aliphatic rings. The SMILES string of the molecule is CCOC1Cc2cc(Br)ccc2C1N1CCN(C2(C)CCN(C(=O)c3ccnc4ncccc34)CC2)C[C@@H]1C. The number of fused-ring (bicyclic) bond motifs is 2. The molecule has 1 aromatic carbocycles. The predicted octanol–water partition coefficient (Wildman–Crippen LogP) is 5.10. The van der Waals surface area contributed by atoms with Crippen LogP contribution in [0.5, 0.6) is 0 Å². The third-order valence-electron chi connectivity index (χ3n) is 9.25. The lowest BCUT2D eigenvalue weighted by Crippen LogP contribution is -2.62. The number of benzene rings is 1. The van der Waals surface area contributed by atoms with Crippen molar-refractivity contribution < 1.29 is 9.53 Å². The van der Waals surface area contributed by atoms with E-state index in [4.69, 9.17) is 4.74 Å². The zero-order valence-electron chi connectivity index (χ0n) is 23.1. The molecule has 0 bridgehead atoms. The van der Waals surface area contributed by atoms with Gasteiger partial charge >= 0.3 is 0 Å². The first kappa shape index (κ1) is 26.8. The Morgan fingerprint density at radius 3 is 2.67 bits per heavy atom. The molecule has 0 spiro atoms. The van der Waals surface area contributed by atoms with Crippen molar-refractivity contribution in [2.45, 2.75) is 63.8 Å². The molecule has 1 amide bonds. The Morgan fingerprint density at radius 2 is 1.90 bits per heavy atom. The van der Waals surface area contributed by atoms with Crippen LogP contribution in [0.3, 0.4) is 0 Å². The van der Waals surface area contributed by atoms with Gasteiger partial charge in [-0.2, -0.15) is 0 Å². The summed E-state index contributed by atoms with van der Waals surface area (Å²) < 4.78 is 7.42. The summed E-state index contributed by atoms with van der Waals surface area (Å²) in [6, 6.07) is 13.1. The normalized spacial score (nSPS) is 25.6. The Morgan fingerprint density at radius 1 is 1.10 bits per heavy atom. The number of likely N-dealkylation sites (tertiary alicyclic amines) is 1. The largest absolute Gasteiger partial charge is 0.376 e. The Hall–Kier alpha value is -2.39. The van der Waals surface area contributed by atoms with Crippen LogP contribution < -0.4 is 0 Å². The van der Waals surface area contributed by atoms with E-state index in [1.54, 1.807) is 12.4 Å². The summed E-state index contributed by atoms with van der Waals surface area (Å²) in [5, 5.41) is 0.828. The fourth-order valence-corrected chi connectivity index (χ4v) is 7.46. The molecule has 2 saturated heterocycles. The molecule has 6 rings (SSSR count). The fraction of sp³-hybridized carbons (Fsp3) is 0.516. The van der Waals surface area contributed by atoms with Crippen LogP contribution in [0.4, 0.5) is 0 Å². The topological polar surface area (TPSA) is 61.8 Å². The summed E-state index contributed by atoms with van der Waals surface area (Å²) in [4.78, 5) is 29.5. The van der Waals surface area contributed by atoms with Crippen LogP contribution >= 0.6 is 15.9 Å². The van der Waals surface area contributed by atoms with Crippen molar-refractivity contribution in [1.82, 2.24) is 24.7 Å². The van der Waals surface area contributed by atoms with Gasteiger partial charge < -0.3 is 9.64 Å². The van der Waals surface area contributed by atoms with Crippen LogP contribution in [-0.2, 0) is 11.2 Å². The summed E-state index contributed by atoms with van der Waals surface area (Å²) in [5.41, 5.74) is 4.25. The number of hydrogen-bond acceptors (Lipinski definition) is 6. The highest BCUT2D eigenvalue weighted by atomic mass is 79.9. The van der Waals surface area contributed by atoms with E-state index >= 15 is 0 Å². The summed E-state index contributed by atoms with van der Waals surface area (Å²) in [7, 11) is 0. The maximum absolute atomic E-state index is 13.5. The zero-order chi connectivity index (χ0) is 27.1. The molecule has 1 aliphatic carbocycles. The van der Waals surface area contributed by atoms with E-state index in [2.05, 4.69) is 74.7 Å². The van der Waals surface area contributed by atoms with Gasteiger partial charge in [0.05, 0.1) is 17.7 Å². The van der Waals surface area contributed by atoms with Crippen LogP contribution in [0.1, 0.15) is 61.1 Å². The average molecular weight is 593 g/mol. The first-order chi connectivity index (χ1) is 18.9. The summed E-state index contributed by atoms with van der Waals surface area (Å²) >= 11 is 3.66. The molecule has 8 heteroatoms. The number of rotatable bonds is 5. The standard InChI is InChI=1S/C31H38BrN5O2/c1-4-39-27-19-22-18-23(32)7-8-24(22)28(27)37-17-16-36(20-21(37)2)31(3)10-14-35(15-11-31)30(38)26-9-13-34-29-25(26)6-5-12-33-29/h5-9,12-13,18,21,27-28H,4,10-11,14-17,19-20H2,1-3H3/t21-,27?,28?/m0/s1. The van der Waals surface area contributed by atoms with Gasteiger partial charge in [-0.15, -0.1) is 0 Å². The summed E-state index contributed by atoms with van der Waals surface area (Å²) in [5.74, 6) is 0.0872. The molecule has 206 valence electrons. The quantitative estimate of drug-likeness (QED) is 0.411. The second-order valence-corrected chi connectivity index (χ2v) is 12.5. The van der Waals surface area contributed by atoms with Crippen LogP contribution in [0, 0.1) is 0 Å². The van der Waals surface area contributed by atoms with Gasteiger partial charge in [-0.1, -0.05) is 22.0 Å². The molecule has 7 nitrogen and oxygen atoms in total. The second kappa shape index (κ2) is 10.9. The fourth-order valence-electron chi connectivity index (χ4n) is 7.05. The van der Waals surface area contributed by atoms with E-state index in [9.17, 15) is 4.79 Å². The van der Waals surface area contributed by atoms with Crippen molar-refractivity contribution in [2.75, 3.05) is 39.3 Å². The Bertz CT molecular complexity index is 1350. The monoisotopic (exact) mass is 591 g/mol. The van der Waals surface area contributed by atoms with Crippen molar-refractivity contribution in [3.05, 3.63) is 70.0 Å². The van der Waals surface area contributed by atoms with E-state index in [1.165, 1.54) is 11.1 Å². The van der Waals surface area contributed by atoms with Gasteiger partial charge in [0.15, 0.2) is 5.65 Å². The number of hydrogen-bond donors (Lipinski definition) is 0. The van der Waals surface area contributed by atoms with E-state index in [-0.39, 0.29) is 17.6 Å². The number of ether oxygens (including phenoxy) is 1. The molecule has 0 saturated carbocycles. The number of nitrogens with zero attached hydrogens (tertiary/aromatic N) is 5. The second-order valence-electron chi connectivity index (χ2n) is 11.5. The van der Waals surface area contributed by atoms with Gasteiger partial charge in [-0.3, -0.25) is 14.6 Å². The minimum atomic E-state index is 0.0872. The molecular weight excluding hydrogens is 554 g/mol. The van der Waals surface area contributed by atoms with Gasteiger partial charge in [0.2, 0.25) is 0 Å². The first-order valence-electron chi connectivity index (χ1n) is 14.3. The lowest BCUT2D eigenvalue weighted by atomic mass is 9.86. The molecular formula is C31H38BrN5O2. The number of halogens is 1. The van der Waals surface area contributed by atoms with Gasteiger partial charge in [0, 0.05) is 79.6 Å². The van der Waals surface area contributed by atoms with Crippen LogP contribution in [-0.4, -0.2) is 87.6 Å². The minimum absolute atomic E-state index is 0.0872. The number of carbonyl (C=O) groups is 1. The van der Waals surface area contributed by atoms with Crippen LogP contribution in [0.25, 0.3) is 11.0 Å². The molecule has 2 aliphatic heterocycles. The molecule has 2 aromatic heterocycles. The molecule has 2 unspecified atom stereocenters. The van der Waals surface area contributed by atoms with Crippen molar-refractivity contribution in [1.29, 1.82) is 0 Å².